The number of nitrogens with zero attached hydrogens (tertiary/aromatic N) is 1. The lowest BCUT2D eigenvalue weighted by Crippen LogP contribution is -2.29. The van der Waals surface area contributed by atoms with Crippen LogP contribution in [0.2, 0.25) is 0 Å². The van der Waals surface area contributed by atoms with Crippen molar-refractivity contribution in [2.45, 2.75) is 19.9 Å². The van der Waals surface area contributed by atoms with Crippen molar-refractivity contribution in [2.24, 2.45) is 0 Å². The number of carbonyl (C=O) groups excluding carboxylic acids is 1. The standard InChI is InChI=1S/C32H25NO5/c1-3-36-23-15-13-22(14-16-23)33-29(21-8-7-11-25(19-21)37-24-9-5-4-6-10-24)28-30(34)26-18-20(2)12-17-27(26)38-31(28)32(33)35/h4-19,29H,3H2,1-2H3. The number of fused-ring (bicyclic) bond motifs is 2. The van der Waals surface area contributed by atoms with E-state index in [2.05, 4.69) is 0 Å². The van der Waals surface area contributed by atoms with Crippen LogP contribution in [-0.4, -0.2) is 12.5 Å². The van der Waals surface area contributed by atoms with E-state index in [1.54, 1.807) is 17.0 Å². The number of para-hydroxylation sites is 1. The van der Waals surface area contributed by atoms with Gasteiger partial charge in [-0.05, 0) is 80.1 Å². The summed E-state index contributed by atoms with van der Waals surface area (Å²) in [5, 5.41) is 0.451. The highest BCUT2D eigenvalue weighted by Gasteiger charge is 2.43. The fourth-order valence-corrected chi connectivity index (χ4v) is 4.91. The highest BCUT2D eigenvalue weighted by molar-refractivity contribution is 6.10. The van der Waals surface area contributed by atoms with Crippen molar-refractivity contribution in [1.82, 2.24) is 0 Å². The summed E-state index contributed by atoms with van der Waals surface area (Å²) in [6.07, 6.45) is 0. The summed E-state index contributed by atoms with van der Waals surface area (Å²) in [7, 11) is 0. The maximum absolute atomic E-state index is 13.9. The molecule has 6 rings (SSSR count). The van der Waals surface area contributed by atoms with Gasteiger partial charge in [0.1, 0.15) is 22.8 Å². The van der Waals surface area contributed by atoms with Crippen molar-refractivity contribution in [1.29, 1.82) is 0 Å². The summed E-state index contributed by atoms with van der Waals surface area (Å²) in [5.74, 6) is 1.67. The minimum absolute atomic E-state index is 0.0552. The summed E-state index contributed by atoms with van der Waals surface area (Å²) in [4.78, 5) is 29.4. The fraction of sp³-hybridized carbons (Fsp3) is 0.125. The molecule has 0 N–H and O–H groups in total. The van der Waals surface area contributed by atoms with Crippen molar-refractivity contribution in [3.05, 3.63) is 130 Å². The van der Waals surface area contributed by atoms with Gasteiger partial charge in [0.05, 0.1) is 23.6 Å². The van der Waals surface area contributed by atoms with Crippen LogP contribution in [0.3, 0.4) is 0 Å². The summed E-state index contributed by atoms with van der Waals surface area (Å²) < 4.78 is 17.8. The molecule has 38 heavy (non-hydrogen) atoms. The Morgan fingerprint density at radius 1 is 0.816 bits per heavy atom. The van der Waals surface area contributed by atoms with E-state index < -0.39 is 6.04 Å². The lowest BCUT2D eigenvalue weighted by Gasteiger charge is -2.25. The average molecular weight is 504 g/mol. The molecule has 1 atom stereocenters. The van der Waals surface area contributed by atoms with Gasteiger partial charge < -0.3 is 13.9 Å². The monoisotopic (exact) mass is 503 g/mol. The van der Waals surface area contributed by atoms with Gasteiger partial charge in [0.25, 0.3) is 5.91 Å². The van der Waals surface area contributed by atoms with Crippen molar-refractivity contribution in [3.63, 3.8) is 0 Å². The van der Waals surface area contributed by atoms with Gasteiger partial charge in [-0.15, -0.1) is 0 Å². The van der Waals surface area contributed by atoms with Gasteiger partial charge in [-0.25, -0.2) is 0 Å². The predicted octanol–water partition coefficient (Wildman–Crippen LogP) is 7.04. The van der Waals surface area contributed by atoms with Crippen molar-refractivity contribution >= 4 is 22.6 Å². The van der Waals surface area contributed by atoms with Crippen molar-refractivity contribution < 1.29 is 18.7 Å². The first-order valence-electron chi connectivity index (χ1n) is 12.5. The van der Waals surface area contributed by atoms with Gasteiger partial charge in [-0.3, -0.25) is 14.5 Å². The topological polar surface area (TPSA) is 69.0 Å². The molecule has 2 heterocycles. The zero-order valence-corrected chi connectivity index (χ0v) is 21.0. The van der Waals surface area contributed by atoms with Gasteiger partial charge in [0.2, 0.25) is 5.76 Å². The maximum atomic E-state index is 13.9. The Balaban J connectivity index is 1.53. The van der Waals surface area contributed by atoms with Crippen LogP contribution in [0.1, 0.15) is 40.2 Å². The van der Waals surface area contributed by atoms with E-state index in [9.17, 15) is 9.59 Å². The third-order valence-electron chi connectivity index (χ3n) is 6.60. The highest BCUT2D eigenvalue weighted by Crippen LogP contribution is 2.42. The van der Waals surface area contributed by atoms with Gasteiger partial charge in [-0.2, -0.15) is 0 Å². The number of hydrogen-bond acceptors (Lipinski definition) is 5. The van der Waals surface area contributed by atoms with Crippen LogP contribution in [0.25, 0.3) is 11.0 Å². The number of anilines is 1. The Kier molecular flexibility index (Phi) is 5.92. The molecule has 0 aliphatic carbocycles. The predicted molar refractivity (Wildman–Crippen MR) is 146 cm³/mol. The zero-order chi connectivity index (χ0) is 26.2. The maximum Gasteiger partial charge on any atom is 0.295 e. The second-order valence-electron chi connectivity index (χ2n) is 9.17. The summed E-state index contributed by atoms with van der Waals surface area (Å²) in [6.45, 7) is 4.37. The number of aryl methyl sites for hydroxylation is 1. The molecule has 0 fully saturated rings. The first kappa shape index (κ1) is 23.6. The van der Waals surface area contributed by atoms with Crippen LogP contribution >= 0.6 is 0 Å². The van der Waals surface area contributed by atoms with Gasteiger partial charge in [0.15, 0.2) is 5.43 Å². The van der Waals surface area contributed by atoms with E-state index in [4.69, 9.17) is 13.9 Å². The van der Waals surface area contributed by atoms with E-state index in [1.165, 1.54) is 0 Å². The number of amides is 1. The molecule has 6 heteroatoms. The second kappa shape index (κ2) is 9.56. The lowest BCUT2D eigenvalue weighted by molar-refractivity contribution is 0.0971. The van der Waals surface area contributed by atoms with Crippen LogP contribution in [0, 0.1) is 6.92 Å². The largest absolute Gasteiger partial charge is 0.494 e. The molecule has 0 saturated heterocycles. The third-order valence-corrected chi connectivity index (χ3v) is 6.60. The molecule has 1 aromatic heterocycles. The van der Waals surface area contributed by atoms with E-state index in [1.807, 2.05) is 98.8 Å². The average Bonchev–Trinajstić information content (AvgIpc) is 3.23. The first-order chi connectivity index (χ1) is 18.5. The first-order valence-corrected chi connectivity index (χ1v) is 12.5. The molecule has 6 nitrogen and oxygen atoms in total. The number of ether oxygens (including phenoxy) is 2. The van der Waals surface area contributed by atoms with E-state index in [-0.39, 0.29) is 17.1 Å². The molecule has 4 aromatic carbocycles. The molecule has 188 valence electrons. The highest BCUT2D eigenvalue weighted by atomic mass is 16.5. The van der Waals surface area contributed by atoms with E-state index in [0.717, 1.165) is 11.1 Å². The Bertz CT molecular complexity index is 1710. The van der Waals surface area contributed by atoms with Gasteiger partial charge in [0, 0.05) is 5.69 Å². The minimum Gasteiger partial charge on any atom is -0.494 e. The second-order valence-corrected chi connectivity index (χ2v) is 9.17. The molecule has 1 unspecified atom stereocenters. The van der Waals surface area contributed by atoms with E-state index >= 15 is 0 Å². The Morgan fingerprint density at radius 3 is 2.34 bits per heavy atom. The zero-order valence-electron chi connectivity index (χ0n) is 21.0. The molecule has 0 saturated carbocycles. The molecule has 1 aliphatic heterocycles. The van der Waals surface area contributed by atoms with Gasteiger partial charge in [-0.1, -0.05) is 42.0 Å². The van der Waals surface area contributed by atoms with Crippen LogP contribution < -0.4 is 19.8 Å². The van der Waals surface area contributed by atoms with Crippen LogP contribution in [0.4, 0.5) is 5.69 Å². The SMILES string of the molecule is CCOc1ccc(N2C(=O)c3oc4ccc(C)cc4c(=O)c3C2c2cccc(Oc3ccccc3)c2)cc1. The molecule has 1 aliphatic rings. The van der Waals surface area contributed by atoms with Crippen molar-refractivity contribution in [3.8, 4) is 17.2 Å². The van der Waals surface area contributed by atoms with Crippen molar-refractivity contribution in [2.75, 3.05) is 11.5 Å². The summed E-state index contributed by atoms with van der Waals surface area (Å²) in [5.41, 5.74) is 2.79. The Labute approximate surface area is 219 Å². The Hall–Kier alpha value is -4.84. The number of benzene rings is 4. The molecular weight excluding hydrogens is 478 g/mol. The molecular formula is C32H25NO5. The molecule has 1 amide bonds. The normalized spacial score (nSPS) is 14.5. The molecule has 0 bridgehead atoms. The van der Waals surface area contributed by atoms with E-state index in [0.29, 0.717) is 46.1 Å². The molecule has 0 radical (unpaired) electrons. The lowest BCUT2D eigenvalue weighted by atomic mass is 9.97. The fourth-order valence-electron chi connectivity index (χ4n) is 4.91. The minimum atomic E-state index is -0.698. The van der Waals surface area contributed by atoms with Crippen LogP contribution in [-0.2, 0) is 0 Å². The van der Waals surface area contributed by atoms with Crippen LogP contribution in [0.15, 0.2) is 106 Å². The Morgan fingerprint density at radius 2 is 1.58 bits per heavy atom. The van der Waals surface area contributed by atoms with Gasteiger partial charge >= 0.3 is 0 Å². The number of rotatable bonds is 6. The number of hydrogen-bond donors (Lipinski definition) is 0. The molecule has 5 aromatic rings. The number of carbonyl (C=O) groups is 1. The third kappa shape index (κ3) is 4.10. The summed E-state index contributed by atoms with van der Waals surface area (Å²) >= 11 is 0. The molecule has 0 spiro atoms. The smallest absolute Gasteiger partial charge is 0.295 e. The quantitative estimate of drug-likeness (QED) is 0.249. The summed E-state index contributed by atoms with van der Waals surface area (Å²) in [6, 6.07) is 28.9. The van der Waals surface area contributed by atoms with Crippen LogP contribution in [0.5, 0.6) is 17.2 Å².